The summed E-state index contributed by atoms with van der Waals surface area (Å²) in [5, 5.41) is 6.61. The van der Waals surface area contributed by atoms with E-state index in [0.717, 1.165) is 12.8 Å². The predicted molar refractivity (Wildman–Crippen MR) is 57.4 cm³/mol. The van der Waals surface area contributed by atoms with Gasteiger partial charge in [-0.3, -0.25) is 0 Å². The van der Waals surface area contributed by atoms with Crippen LogP contribution < -0.4 is 10.7 Å². The molecule has 4 nitrogen and oxygen atoms in total. The van der Waals surface area contributed by atoms with Crippen LogP contribution >= 0.6 is 0 Å². The maximum atomic E-state index is 13.1. The largest absolute Gasteiger partial charge is 0.353 e. The number of guanidine groups is 1. The second kappa shape index (κ2) is 4.69. The van der Waals surface area contributed by atoms with Crippen molar-refractivity contribution in [2.75, 3.05) is 13.1 Å². The zero-order valence-corrected chi connectivity index (χ0v) is 8.37. The fourth-order valence-electron chi connectivity index (χ4n) is 1.26. The van der Waals surface area contributed by atoms with E-state index in [2.05, 4.69) is 20.8 Å². The van der Waals surface area contributed by atoms with Gasteiger partial charge in [0.05, 0.1) is 18.3 Å². The molecule has 1 aliphatic heterocycles. The van der Waals surface area contributed by atoms with Gasteiger partial charge in [0.15, 0.2) is 0 Å². The van der Waals surface area contributed by atoms with Crippen molar-refractivity contribution in [2.24, 2.45) is 10.1 Å². The van der Waals surface area contributed by atoms with Gasteiger partial charge in [-0.05, 0) is 12.1 Å². The first-order valence-electron chi connectivity index (χ1n) is 4.79. The molecule has 0 saturated heterocycles. The summed E-state index contributed by atoms with van der Waals surface area (Å²) in [4.78, 5) is 4.00. The first-order chi connectivity index (χ1) is 7.77. The van der Waals surface area contributed by atoms with Crippen LogP contribution in [0.4, 0.5) is 8.78 Å². The minimum Gasteiger partial charge on any atom is -0.353 e. The predicted octanol–water partition coefficient (Wildman–Crippen LogP) is 0.848. The number of aliphatic imine (C=N–C) groups is 1. The number of benzene rings is 1. The maximum absolute atomic E-state index is 13.1. The highest BCUT2D eigenvalue weighted by Gasteiger charge is 2.06. The molecule has 0 saturated carbocycles. The molecule has 0 spiro atoms. The van der Waals surface area contributed by atoms with Gasteiger partial charge in [0.2, 0.25) is 5.96 Å². The second-order valence-electron chi connectivity index (χ2n) is 3.16. The summed E-state index contributed by atoms with van der Waals surface area (Å²) in [6.45, 7) is 1.41. The highest BCUT2D eigenvalue weighted by atomic mass is 19.1. The van der Waals surface area contributed by atoms with Crippen LogP contribution in [0.3, 0.4) is 0 Å². The van der Waals surface area contributed by atoms with E-state index in [1.54, 1.807) is 0 Å². The summed E-state index contributed by atoms with van der Waals surface area (Å²) >= 11 is 0. The van der Waals surface area contributed by atoms with Crippen LogP contribution in [0.25, 0.3) is 0 Å². The number of hydrazone groups is 1. The molecule has 1 aromatic carbocycles. The molecule has 0 aromatic heterocycles. The molecule has 0 amide bonds. The quantitative estimate of drug-likeness (QED) is 0.578. The third-order valence-corrected chi connectivity index (χ3v) is 2.04. The Kier molecular flexibility index (Phi) is 3.09. The van der Waals surface area contributed by atoms with Gasteiger partial charge in [-0.1, -0.05) is 6.07 Å². The zero-order valence-electron chi connectivity index (χ0n) is 8.37. The normalized spacial score (nSPS) is 15.0. The molecule has 84 valence electrons. The molecule has 0 fully saturated rings. The topological polar surface area (TPSA) is 48.8 Å². The van der Waals surface area contributed by atoms with Gasteiger partial charge in [0.25, 0.3) is 0 Å². The van der Waals surface area contributed by atoms with E-state index in [1.165, 1.54) is 18.2 Å². The monoisotopic (exact) mass is 224 g/mol. The van der Waals surface area contributed by atoms with E-state index in [-0.39, 0.29) is 5.56 Å². The Morgan fingerprint density at radius 2 is 2.12 bits per heavy atom. The second-order valence-corrected chi connectivity index (χ2v) is 3.16. The Morgan fingerprint density at radius 3 is 2.75 bits per heavy atom. The van der Waals surface area contributed by atoms with E-state index < -0.39 is 11.6 Å². The number of halogens is 2. The third-order valence-electron chi connectivity index (χ3n) is 2.04. The lowest BCUT2D eigenvalue weighted by atomic mass is 10.2. The Morgan fingerprint density at radius 1 is 1.38 bits per heavy atom. The van der Waals surface area contributed by atoms with Crippen molar-refractivity contribution >= 4 is 12.2 Å². The van der Waals surface area contributed by atoms with Crippen molar-refractivity contribution in [3.63, 3.8) is 0 Å². The average Bonchev–Trinajstić information content (AvgIpc) is 2.75. The maximum Gasteiger partial charge on any atom is 0.212 e. The molecule has 0 radical (unpaired) electrons. The van der Waals surface area contributed by atoms with Crippen LogP contribution in [0.2, 0.25) is 0 Å². The van der Waals surface area contributed by atoms with Gasteiger partial charge in [-0.2, -0.15) is 5.10 Å². The Labute approximate surface area is 91.1 Å². The van der Waals surface area contributed by atoms with Crippen LogP contribution in [0.5, 0.6) is 0 Å². The van der Waals surface area contributed by atoms with E-state index >= 15 is 0 Å². The number of nitrogens with zero attached hydrogens (tertiary/aromatic N) is 2. The van der Waals surface area contributed by atoms with Crippen molar-refractivity contribution < 1.29 is 8.78 Å². The van der Waals surface area contributed by atoms with Gasteiger partial charge < -0.3 is 5.32 Å². The van der Waals surface area contributed by atoms with E-state index in [1.807, 2.05) is 0 Å². The summed E-state index contributed by atoms with van der Waals surface area (Å²) in [5.41, 5.74) is 2.39. The van der Waals surface area contributed by atoms with Crippen molar-refractivity contribution in [1.82, 2.24) is 10.7 Å². The molecular weight excluding hydrogens is 214 g/mol. The van der Waals surface area contributed by atoms with Gasteiger partial charge in [-0.15, -0.1) is 0 Å². The molecule has 0 atom stereocenters. The molecule has 2 rings (SSSR count). The van der Waals surface area contributed by atoms with Gasteiger partial charge >= 0.3 is 0 Å². The van der Waals surface area contributed by atoms with Gasteiger partial charge in [-0.25, -0.2) is 19.2 Å². The lowest BCUT2D eigenvalue weighted by molar-refractivity contribution is 0.580. The van der Waals surface area contributed by atoms with Crippen LogP contribution in [-0.2, 0) is 0 Å². The molecule has 0 bridgehead atoms. The smallest absolute Gasteiger partial charge is 0.212 e. The zero-order chi connectivity index (χ0) is 11.4. The Balaban J connectivity index is 2.05. The van der Waals surface area contributed by atoms with Crippen LogP contribution in [-0.4, -0.2) is 25.3 Å². The average molecular weight is 224 g/mol. The number of hydrogen-bond donors (Lipinski definition) is 2. The fraction of sp³-hybridized carbons (Fsp3) is 0.200. The third kappa shape index (κ3) is 2.33. The fourth-order valence-corrected chi connectivity index (χ4v) is 1.26. The van der Waals surface area contributed by atoms with Crippen molar-refractivity contribution in [3.05, 3.63) is 35.4 Å². The van der Waals surface area contributed by atoms with E-state index in [0.29, 0.717) is 12.5 Å². The molecule has 6 heteroatoms. The van der Waals surface area contributed by atoms with Crippen molar-refractivity contribution in [2.45, 2.75) is 0 Å². The van der Waals surface area contributed by atoms with Crippen molar-refractivity contribution in [3.8, 4) is 0 Å². The number of hydrogen-bond acceptors (Lipinski definition) is 4. The Hall–Kier alpha value is -1.98. The van der Waals surface area contributed by atoms with Crippen LogP contribution in [0.1, 0.15) is 5.56 Å². The SMILES string of the molecule is Fc1cccc(F)c1C=NNC1=NCCN1. The first kappa shape index (κ1) is 10.5. The molecular formula is C10H10F2N4. The van der Waals surface area contributed by atoms with Crippen LogP contribution in [0, 0.1) is 11.6 Å². The minimum absolute atomic E-state index is 0.173. The molecule has 1 aromatic rings. The number of rotatable bonds is 2. The summed E-state index contributed by atoms with van der Waals surface area (Å²) in [6.07, 6.45) is 1.09. The molecule has 1 heterocycles. The Bertz CT molecular complexity index is 422. The summed E-state index contributed by atoms with van der Waals surface area (Å²) in [5.74, 6) is -0.785. The molecule has 0 unspecified atom stereocenters. The lowest BCUT2D eigenvalue weighted by Crippen LogP contribution is -2.30. The van der Waals surface area contributed by atoms with E-state index in [4.69, 9.17) is 0 Å². The summed E-state index contributed by atoms with van der Waals surface area (Å²) < 4.78 is 26.3. The minimum atomic E-state index is -0.646. The summed E-state index contributed by atoms with van der Waals surface area (Å²) in [6, 6.07) is 3.66. The first-order valence-corrected chi connectivity index (χ1v) is 4.79. The standard InChI is InChI=1S/C10H10F2N4/c11-8-2-1-3-9(12)7(8)6-15-16-10-13-4-5-14-10/h1-3,6H,4-5H2,(H2,13,14,16). The van der Waals surface area contributed by atoms with Crippen molar-refractivity contribution in [1.29, 1.82) is 0 Å². The highest BCUT2D eigenvalue weighted by Crippen LogP contribution is 2.08. The van der Waals surface area contributed by atoms with Crippen LogP contribution in [0.15, 0.2) is 28.3 Å². The lowest BCUT2D eigenvalue weighted by Gasteiger charge is -2.00. The molecule has 0 aliphatic carbocycles. The molecule has 1 aliphatic rings. The number of nitrogens with one attached hydrogen (secondary N) is 2. The molecule has 16 heavy (non-hydrogen) atoms. The van der Waals surface area contributed by atoms with Gasteiger partial charge in [0.1, 0.15) is 11.6 Å². The highest BCUT2D eigenvalue weighted by molar-refractivity contribution is 5.84. The van der Waals surface area contributed by atoms with Gasteiger partial charge in [0, 0.05) is 6.54 Å². The summed E-state index contributed by atoms with van der Waals surface area (Å²) in [7, 11) is 0. The molecule has 2 N–H and O–H groups in total. The van der Waals surface area contributed by atoms with E-state index in [9.17, 15) is 8.78 Å².